The minimum absolute atomic E-state index is 0.00891. The van der Waals surface area contributed by atoms with Crippen molar-refractivity contribution in [1.82, 2.24) is 4.90 Å². The van der Waals surface area contributed by atoms with E-state index < -0.39 is 18.0 Å². The number of ether oxygens (including phenoxy) is 1. The summed E-state index contributed by atoms with van der Waals surface area (Å²) in [6.07, 6.45) is 2.29. The summed E-state index contributed by atoms with van der Waals surface area (Å²) in [5, 5.41) is 0. The summed E-state index contributed by atoms with van der Waals surface area (Å²) in [5.74, 6) is -2.17. The number of imide groups is 1. The first-order valence-corrected chi connectivity index (χ1v) is 7.26. The van der Waals surface area contributed by atoms with Gasteiger partial charge in [0.1, 0.15) is 0 Å². The number of hydrogen-bond donors (Lipinski definition) is 1. The van der Waals surface area contributed by atoms with Crippen molar-refractivity contribution in [3.63, 3.8) is 0 Å². The highest BCUT2D eigenvalue weighted by atomic mass is 16.5. The van der Waals surface area contributed by atoms with Gasteiger partial charge in [0, 0.05) is 6.54 Å². The van der Waals surface area contributed by atoms with Gasteiger partial charge in [-0.3, -0.25) is 24.1 Å². The molecule has 2 N–H and O–H groups in total. The Morgan fingerprint density at radius 1 is 1.24 bits per heavy atom. The SMILES string of the molecule is C[C@H](OC(=O)CCN1C(=O)[C@H]2CCCC[C@H]2C1=O)C(N)=O. The molecule has 21 heavy (non-hydrogen) atoms. The predicted molar refractivity (Wildman–Crippen MR) is 71.5 cm³/mol. The summed E-state index contributed by atoms with van der Waals surface area (Å²) in [6.45, 7) is 1.38. The Morgan fingerprint density at radius 2 is 1.76 bits per heavy atom. The second-order valence-electron chi connectivity index (χ2n) is 5.61. The maximum atomic E-state index is 12.2. The number of carbonyl (C=O) groups excluding carboxylic acids is 4. The van der Waals surface area contributed by atoms with E-state index in [1.54, 1.807) is 0 Å². The zero-order valence-electron chi connectivity index (χ0n) is 12.0. The zero-order valence-corrected chi connectivity index (χ0v) is 12.0. The van der Waals surface area contributed by atoms with E-state index in [1.165, 1.54) is 6.92 Å². The van der Waals surface area contributed by atoms with Gasteiger partial charge in [0.25, 0.3) is 5.91 Å². The predicted octanol–water partition coefficient (Wildman–Crippen LogP) is -0.0313. The molecule has 0 aromatic heterocycles. The molecule has 0 unspecified atom stereocenters. The summed E-state index contributed by atoms with van der Waals surface area (Å²) in [7, 11) is 0. The smallest absolute Gasteiger partial charge is 0.308 e. The molecule has 2 fully saturated rings. The third-order valence-corrected chi connectivity index (χ3v) is 4.18. The monoisotopic (exact) mass is 296 g/mol. The third kappa shape index (κ3) is 3.22. The first-order chi connectivity index (χ1) is 9.91. The molecule has 116 valence electrons. The number of carbonyl (C=O) groups is 4. The lowest BCUT2D eigenvalue weighted by Gasteiger charge is -2.19. The quantitative estimate of drug-likeness (QED) is 0.566. The number of nitrogens with zero attached hydrogens (tertiary/aromatic N) is 1. The fourth-order valence-electron chi connectivity index (χ4n) is 2.97. The van der Waals surface area contributed by atoms with Gasteiger partial charge in [0.15, 0.2) is 6.10 Å². The second kappa shape index (κ2) is 6.24. The van der Waals surface area contributed by atoms with Crippen LogP contribution < -0.4 is 5.73 Å². The van der Waals surface area contributed by atoms with E-state index in [4.69, 9.17) is 10.5 Å². The first kappa shape index (κ1) is 15.5. The van der Waals surface area contributed by atoms with Crippen LogP contribution >= 0.6 is 0 Å². The normalized spacial score (nSPS) is 26.4. The van der Waals surface area contributed by atoms with Gasteiger partial charge in [0.2, 0.25) is 11.8 Å². The van der Waals surface area contributed by atoms with Crippen molar-refractivity contribution in [2.45, 2.75) is 45.1 Å². The molecule has 0 aromatic carbocycles. The van der Waals surface area contributed by atoms with Gasteiger partial charge in [-0.25, -0.2) is 0 Å². The number of amides is 3. The Bertz CT molecular complexity index is 452. The van der Waals surface area contributed by atoms with Gasteiger partial charge in [0.05, 0.1) is 18.3 Å². The first-order valence-electron chi connectivity index (χ1n) is 7.26. The van der Waals surface area contributed by atoms with Crippen LogP contribution in [0.3, 0.4) is 0 Å². The van der Waals surface area contributed by atoms with Crippen molar-refractivity contribution >= 4 is 23.7 Å². The highest BCUT2D eigenvalue weighted by molar-refractivity contribution is 6.05. The Balaban J connectivity index is 1.88. The van der Waals surface area contributed by atoms with Crippen molar-refractivity contribution in [2.75, 3.05) is 6.54 Å². The standard InChI is InChI=1S/C14H20N2O5/c1-8(12(15)18)21-11(17)6-7-16-13(19)9-4-2-3-5-10(9)14(16)20/h8-10H,2-7H2,1H3,(H2,15,18)/t8-,9-,10+/m0/s1. The third-order valence-electron chi connectivity index (χ3n) is 4.18. The highest BCUT2D eigenvalue weighted by Crippen LogP contribution is 2.37. The molecule has 1 saturated heterocycles. The lowest BCUT2D eigenvalue weighted by molar-refractivity contribution is -0.154. The molecule has 1 aliphatic heterocycles. The largest absolute Gasteiger partial charge is 0.453 e. The van der Waals surface area contributed by atoms with Crippen LogP contribution in [-0.4, -0.2) is 41.2 Å². The molecule has 1 saturated carbocycles. The maximum absolute atomic E-state index is 12.2. The Morgan fingerprint density at radius 3 is 2.24 bits per heavy atom. The summed E-state index contributed by atoms with van der Waals surface area (Å²) < 4.78 is 4.80. The van der Waals surface area contributed by atoms with Crippen LogP contribution in [0.2, 0.25) is 0 Å². The van der Waals surface area contributed by atoms with Gasteiger partial charge < -0.3 is 10.5 Å². The summed E-state index contributed by atoms with van der Waals surface area (Å²) in [5.41, 5.74) is 4.99. The molecule has 1 aliphatic carbocycles. The van der Waals surface area contributed by atoms with Crippen LogP contribution in [0.25, 0.3) is 0 Å². The fraction of sp³-hybridized carbons (Fsp3) is 0.714. The van der Waals surface area contributed by atoms with E-state index in [1.807, 2.05) is 0 Å². The molecule has 3 atom stereocenters. The topological polar surface area (TPSA) is 107 Å². The Hall–Kier alpha value is -1.92. The molecule has 1 heterocycles. The van der Waals surface area contributed by atoms with Crippen LogP contribution in [0.15, 0.2) is 0 Å². The maximum Gasteiger partial charge on any atom is 0.308 e. The molecular weight excluding hydrogens is 276 g/mol. The van der Waals surface area contributed by atoms with Crippen molar-refractivity contribution in [3.05, 3.63) is 0 Å². The van der Waals surface area contributed by atoms with E-state index in [9.17, 15) is 19.2 Å². The minimum atomic E-state index is -1.01. The number of primary amides is 1. The van der Waals surface area contributed by atoms with E-state index in [0.29, 0.717) is 0 Å². The molecule has 7 heteroatoms. The average Bonchev–Trinajstić information content (AvgIpc) is 2.69. The minimum Gasteiger partial charge on any atom is -0.453 e. The number of rotatable bonds is 5. The zero-order chi connectivity index (χ0) is 15.6. The number of likely N-dealkylation sites (tertiary alicyclic amines) is 1. The van der Waals surface area contributed by atoms with Crippen molar-refractivity contribution in [1.29, 1.82) is 0 Å². The summed E-state index contributed by atoms with van der Waals surface area (Å²) >= 11 is 0. The molecule has 0 aromatic rings. The van der Waals surface area contributed by atoms with Gasteiger partial charge >= 0.3 is 5.97 Å². The molecule has 2 rings (SSSR count). The second-order valence-corrected chi connectivity index (χ2v) is 5.61. The van der Waals surface area contributed by atoms with Crippen LogP contribution in [-0.2, 0) is 23.9 Å². The number of hydrogen-bond acceptors (Lipinski definition) is 5. The highest BCUT2D eigenvalue weighted by Gasteiger charge is 2.47. The molecule has 2 aliphatic rings. The number of nitrogens with two attached hydrogens (primary N) is 1. The molecular formula is C14H20N2O5. The average molecular weight is 296 g/mol. The van der Waals surface area contributed by atoms with Gasteiger partial charge in [-0.1, -0.05) is 12.8 Å². The van der Waals surface area contributed by atoms with Crippen molar-refractivity contribution in [2.24, 2.45) is 17.6 Å². The van der Waals surface area contributed by atoms with E-state index in [-0.39, 0.29) is 36.6 Å². The summed E-state index contributed by atoms with van der Waals surface area (Å²) in [4.78, 5) is 47.9. The van der Waals surface area contributed by atoms with E-state index in [0.717, 1.165) is 30.6 Å². The van der Waals surface area contributed by atoms with Crippen LogP contribution in [0, 0.1) is 11.8 Å². The van der Waals surface area contributed by atoms with Gasteiger partial charge in [-0.2, -0.15) is 0 Å². The molecule has 0 spiro atoms. The summed E-state index contributed by atoms with van der Waals surface area (Å²) in [6, 6.07) is 0. The van der Waals surface area contributed by atoms with Gasteiger partial charge in [-0.15, -0.1) is 0 Å². The molecule has 7 nitrogen and oxygen atoms in total. The molecule has 0 bridgehead atoms. The lowest BCUT2D eigenvalue weighted by Crippen LogP contribution is -2.35. The Kier molecular flexibility index (Phi) is 4.59. The fourth-order valence-corrected chi connectivity index (χ4v) is 2.97. The number of fused-ring (bicyclic) bond motifs is 1. The van der Waals surface area contributed by atoms with Crippen molar-refractivity contribution < 1.29 is 23.9 Å². The Labute approximate surface area is 122 Å². The number of esters is 1. The van der Waals surface area contributed by atoms with E-state index >= 15 is 0 Å². The van der Waals surface area contributed by atoms with E-state index in [2.05, 4.69) is 0 Å². The lowest BCUT2D eigenvalue weighted by atomic mass is 9.81. The van der Waals surface area contributed by atoms with Crippen LogP contribution in [0.4, 0.5) is 0 Å². The van der Waals surface area contributed by atoms with Crippen LogP contribution in [0.1, 0.15) is 39.0 Å². The van der Waals surface area contributed by atoms with Crippen LogP contribution in [0.5, 0.6) is 0 Å². The van der Waals surface area contributed by atoms with Gasteiger partial charge in [-0.05, 0) is 19.8 Å². The van der Waals surface area contributed by atoms with Crippen molar-refractivity contribution in [3.8, 4) is 0 Å². The molecule has 3 amide bonds. The molecule has 0 radical (unpaired) electrons.